The molecule has 0 spiro atoms. The van der Waals surface area contributed by atoms with Gasteiger partial charge in [0.05, 0.1) is 0 Å². The Balaban J connectivity index is 2.86. The van der Waals surface area contributed by atoms with Gasteiger partial charge < -0.3 is 0 Å². The molecule has 1 aliphatic carbocycles. The number of benzene rings is 1. The van der Waals surface area contributed by atoms with E-state index in [0.29, 0.717) is 0 Å². The minimum Gasteiger partial charge on any atom is -0.0764 e. The number of fused-ring (bicyclic) bond motifs is 1. The second-order valence-electron chi connectivity index (χ2n) is 3.87. The van der Waals surface area contributed by atoms with Crippen LogP contribution in [-0.4, -0.2) is 0 Å². The molecule has 0 unspecified atom stereocenters. The Hall–Kier alpha value is -1.04. The first-order valence-corrected chi connectivity index (χ1v) is 5.05. The van der Waals surface area contributed by atoms with Gasteiger partial charge in [-0.05, 0) is 54.7 Å². The largest absolute Gasteiger partial charge is 0.0764 e. The van der Waals surface area contributed by atoms with E-state index >= 15 is 0 Å². The Morgan fingerprint density at radius 3 is 1.77 bits per heavy atom. The molecule has 0 saturated heterocycles. The number of hydrogen-bond acceptors (Lipinski definition) is 0. The quantitative estimate of drug-likeness (QED) is 0.562. The van der Waals surface area contributed by atoms with Crippen LogP contribution in [0.25, 0.3) is 12.2 Å². The zero-order chi connectivity index (χ0) is 9.26. The number of aryl methyl sites for hydroxylation is 2. The lowest BCUT2D eigenvalue weighted by Gasteiger charge is -1.99. The Morgan fingerprint density at radius 1 is 0.846 bits per heavy atom. The van der Waals surface area contributed by atoms with Gasteiger partial charge in [-0.15, -0.1) is 0 Å². The molecule has 13 heavy (non-hydrogen) atoms. The average Bonchev–Trinajstić information content (AvgIpc) is 2.37. The third-order valence-electron chi connectivity index (χ3n) is 2.83. The lowest BCUT2D eigenvalue weighted by atomic mass is 10.1. The normalized spacial score (nSPS) is 15.2. The topological polar surface area (TPSA) is 0 Å². The minimum absolute atomic E-state index is 1.23. The van der Waals surface area contributed by atoms with Crippen molar-refractivity contribution in [3.05, 3.63) is 33.7 Å². The van der Waals surface area contributed by atoms with Crippen LogP contribution >= 0.6 is 0 Å². The number of hydrogen-bond donors (Lipinski definition) is 0. The predicted molar refractivity (Wildman–Crippen MR) is 57.9 cm³/mol. The summed E-state index contributed by atoms with van der Waals surface area (Å²) in [6.45, 7) is 4.40. The highest BCUT2D eigenvalue weighted by Gasteiger charge is 1.98. The Bertz CT molecular complexity index is 383. The van der Waals surface area contributed by atoms with Gasteiger partial charge >= 0.3 is 0 Å². The molecule has 0 aromatic heterocycles. The van der Waals surface area contributed by atoms with Gasteiger partial charge in [0.2, 0.25) is 0 Å². The predicted octanol–water partition coefficient (Wildman–Crippen LogP) is 2.05. The summed E-state index contributed by atoms with van der Waals surface area (Å²) in [7, 11) is 0. The second kappa shape index (κ2) is 3.37. The van der Waals surface area contributed by atoms with Crippen molar-refractivity contribution in [3.63, 3.8) is 0 Å². The van der Waals surface area contributed by atoms with E-state index in [0.717, 1.165) is 0 Å². The van der Waals surface area contributed by atoms with Crippen molar-refractivity contribution in [2.75, 3.05) is 0 Å². The summed E-state index contributed by atoms with van der Waals surface area (Å²) in [5.41, 5.74) is 2.83. The molecule has 0 radical (unpaired) electrons. The Morgan fingerprint density at radius 2 is 1.31 bits per heavy atom. The molecule has 0 amide bonds. The standard InChI is InChI=1S/C13H16/c1-10-8-9-11(2)13-7-5-3-4-6-12(10)13/h6-9H,3-5H2,1-2H3. The molecule has 1 aliphatic rings. The maximum absolute atomic E-state index is 2.39. The average molecular weight is 172 g/mol. The van der Waals surface area contributed by atoms with Crippen LogP contribution in [0.3, 0.4) is 0 Å². The number of rotatable bonds is 0. The monoisotopic (exact) mass is 172 g/mol. The molecule has 2 rings (SSSR count). The zero-order valence-electron chi connectivity index (χ0n) is 8.43. The van der Waals surface area contributed by atoms with E-state index in [1.54, 1.807) is 0 Å². The lowest BCUT2D eigenvalue weighted by molar-refractivity contribution is 0.924. The van der Waals surface area contributed by atoms with Gasteiger partial charge in [0, 0.05) is 0 Å². The fourth-order valence-electron chi connectivity index (χ4n) is 2.01. The van der Waals surface area contributed by atoms with Crippen molar-refractivity contribution in [2.24, 2.45) is 0 Å². The molecule has 68 valence electrons. The van der Waals surface area contributed by atoms with E-state index in [2.05, 4.69) is 38.1 Å². The molecule has 0 bridgehead atoms. The first-order valence-electron chi connectivity index (χ1n) is 5.05. The lowest BCUT2D eigenvalue weighted by Crippen LogP contribution is -2.29. The van der Waals surface area contributed by atoms with Crippen LogP contribution in [0.5, 0.6) is 0 Å². The van der Waals surface area contributed by atoms with Gasteiger partial charge in [0.15, 0.2) is 0 Å². The summed E-state index contributed by atoms with van der Waals surface area (Å²) in [5.74, 6) is 0. The van der Waals surface area contributed by atoms with Crippen LogP contribution in [0.2, 0.25) is 0 Å². The summed E-state index contributed by atoms with van der Waals surface area (Å²) in [4.78, 5) is 0. The molecule has 0 heteroatoms. The van der Waals surface area contributed by atoms with E-state index in [-0.39, 0.29) is 0 Å². The van der Waals surface area contributed by atoms with Crippen molar-refractivity contribution in [3.8, 4) is 0 Å². The first-order chi connectivity index (χ1) is 6.29. The summed E-state index contributed by atoms with van der Waals surface area (Å²) in [5, 5.41) is 2.94. The highest BCUT2D eigenvalue weighted by molar-refractivity contribution is 5.41. The molecule has 0 N–H and O–H groups in total. The second-order valence-corrected chi connectivity index (χ2v) is 3.87. The van der Waals surface area contributed by atoms with E-state index in [4.69, 9.17) is 0 Å². The van der Waals surface area contributed by atoms with E-state index in [1.165, 1.54) is 40.8 Å². The summed E-state index contributed by atoms with van der Waals surface area (Å²) >= 11 is 0. The van der Waals surface area contributed by atoms with Gasteiger partial charge in [0.1, 0.15) is 0 Å². The van der Waals surface area contributed by atoms with E-state index in [1.807, 2.05) is 0 Å². The molecule has 0 atom stereocenters. The Labute approximate surface area is 79.6 Å². The highest BCUT2D eigenvalue weighted by atomic mass is 14.0. The van der Waals surface area contributed by atoms with Gasteiger partial charge in [-0.3, -0.25) is 0 Å². The van der Waals surface area contributed by atoms with E-state index < -0.39 is 0 Å². The third-order valence-corrected chi connectivity index (χ3v) is 2.83. The van der Waals surface area contributed by atoms with Gasteiger partial charge in [-0.2, -0.15) is 0 Å². The molecule has 1 aromatic carbocycles. The van der Waals surface area contributed by atoms with Crippen LogP contribution in [0.4, 0.5) is 0 Å². The van der Waals surface area contributed by atoms with Crippen LogP contribution in [-0.2, 0) is 0 Å². The molecule has 1 aromatic rings. The molecular formula is C13H16. The van der Waals surface area contributed by atoms with Crippen LogP contribution in [0, 0.1) is 13.8 Å². The van der Waals surface area contributed by atoms with Crippen molar-refractivity contribution >= 4 is 12.2 Å². The van der Waals surface area contributed by atoms with Crippen LogP contribution in [0.1, 0.15) is 30.4 Å². The molecule has 0 aliphatic heterocycles. The van der Waals surface area contributed by atoms with Crippen LogP contribution < -0.4 is 10.4 Å². The highest BCUT2D eigenvalue weighted by Crippen LogP contribution is 2.01. The third kappa shape index (κ3) is 1.53. The van der Waals surface area contributed by atoms with Crippen molar-refractivity contribution in [1.82, 2.24) is 0 Å². The molecule has 0 saturated carbocycles. The van der Waals surface area contributed by atoms with Crippen LogP contribution in [0.15, 0.2) is 12.1 Å². The van der Waals surface area contributed by atoms with Crippen molar-refractivity contribution < 1.29 is 0 Å². The summed E-state index contributed by atoms with van der Waals surface area (Å²) < 4.78 is 0. The smallest absolute Gasteiger partial charge is 0.0195 e. The fraction of sp³-hybridized carbons (Fsp3) is 0.385. The van der Waals surface area contributed by atoms with Crippen molar-refractivity contribution in [1.29, 1.82) is 0 Å². The molecular weight excluding hydrogens is 156 g/mol. The minimum atomic E-state index is 1.23. The van der Waals surface area contributed by atoms with Gasteiger partial charge in [0.25, 0.3) is 0 Å². The SMILES string of the molecule is Cc1ccc(C)c2c1=CCCCC=2. The van der Waals surface area contributed by atoms with Gasteiger partial charge in [-0.1, -0.05) is 24.3 Å². The maximum Gasteiger partial charge on any atom is -0.0195 e. The first kappa shape index (κ1) is 8.55. The summed E-state index contributed by atoms with van der Waals surface area (Å²) in [6, 6.07) is 4.45. The fourth-order valence-corrected chi connectivity index (χ4v) is 2.01. The molecule has 0 nitrogen and oxygen atoms in total. The molecule has 0 heterocycles. The maximum atomic E-state index is 2.39. The molecule has 0 fully saturated rings. The zero-order valence-corrected chi connectivity index (χ0v) is 8.43. The van der Waals surface area contributed by atoms with Gasteiger partial charge in [-0.25, -0.2) is 0 Å². The van der Waals surface area contributed by atoms with Crippen molar-refractivity contribution in [2.45, 2.75) is 33.1 Å². The van der Waals surface area contributed by atoms with E-state index in [9.17, 15) is 0 Å². The summed E-state index contributed by atoms with van der Waals surface area (Å²) in [6.07, 6.45) is 8.54. The Kier molecular flexibility index (Phi) is 2.22.